The Balaban J connectivity index is 1.56. The lowest BCUT2D eigenvalue weighted by atomic mass is 10.1. The van der Waals surface area contributed by atoms with Crippen molar-refractivity contribution in [2.45, 2.75) is 19.2 Å². The van der Waals surface area contributed by atoms with Gasteiger partial charge in [-0.15, -0.1) is 0 Å². The Hall–Kier alpha value is -2.99. The second-order valence-corrected chi connectivity index (χ2v) is 7.17. The fraction of sp³-hybridized carbons (Fsp3) is 0.217. The molecule has 0 saturated heterocycles. The van der Waals surface area contributed by atoms with Gasteiger partial charge in [-0.25, -0.2) is 4.98 Å². The number of hydrogen-bond donors (Lipinski definition) is 1. The van der Waals surface area contributed by atoms with Gasteiger partial charge in [0.2, 0.25) is 5.88 Å². The standard InChI is InChI=1S/C23H24N2O3S/c1-3-27-20-6-4-5-7-21(20)28-22-13-10-18(14-24-22)15-25-23(26)19-11-8-17(9-12-19)16-29-2/h4-14H,3,15-16H2,1-2H3,(H,25,26). The van der Waals surface area contributed by atoms with Crippen molar-refractivity contribution in [2.75, 3.05) is 12.9 Å². The Morgan fingerprint density at radius 1 is 1.00 bits per heavy atom. The van der Waals surface area contributed by atoms with Crippen molar-refractivity contribution in [1.29, 1.82) is 0 Å². The number of benzene rings is 2. The minimum Gasteiger partial charge on any atom is -0.490 e. The minimum atomic E-state index is -0.105. The van der Waals surface area contributed by atoms with Crippen molar-refractivity contribution in [1.82, 2.24) is 10.3 Å². The number of pyridine rings is 1. The Bertz CT molecular complexity index is 928. The third-order valence-corrected chi connectivity index (χ3v) is 4.76. The molecular formula is C23H24N2O3S. The summed E-state index contributed by atoms with van der Waals surface area (Å²) in [5.41, 5.74) is 2.75. The van der Waals surface area contributed by atoms with Gasteiger partial charge in [0, 0.05) is 30.1 Å². The van der Waals surface area contributed by atoms with Gasteiger partial charge < -0.3 is 14.8 Å². The van der Waals surface area contributed by atoms with Gasteiger partial charge in [-0.1, -0.05) is 30.3 Å². The summed E-state index contributed by atoms with van der Waals surface area (Å²) in [5, 5.41) is 2.92. The molecule has 1 amide bonds. The molecule has 1 heterocycles. The maximum Gasteiger partial charge on any atom is 0.251 e. The zero-order valence-corrected chi connectivity index (χ0v) is 17.4. The van der Waals surface area contributed by atoms with E-state index in [0.717, 1.165) is 11.3 Å². The number of thioether (sulfide) groups is 1. The maximum atomic E-state index is 12.3. The van der Waals surface area contributed by atoms with Crippen LogP contribution in [0.25, 0.3) is 0 Å². The Morgan fingerprint density at radius 3 is 2.38 bits per heavy atom. The molecular weight excluding hydrogens is 384 g/mol. The average molecular weight is 409 g/mol. The molecule has 0 fully saturated rings. The second kappa shape index (κ2) is 10.5. The Labute approximate surface area is 175 Å². The molecule has 0 aliphatic rings. The van der Waals surface area contributed by atoms with E-state index in [-0.39, 0.29) is 5.91 Å². The van der Waals surface area contributed by atoms with E-state index in [1.165, 1.54) is 5.56 Å². The van der Waals surface area contributed by atoms with Crippen LogP contribution < -0.4 is 14.8 Å². The molecule has 0 atom stereocenters. The number of amides is 1. The van der Waals surface area contributed by atoms with E-state index in [1.807, 2.05) is 61.5 Å². The highest BCUT2D eigenvalue weighted by Gasteiger charge is 2.08. The maximum absolute atomic E-state index is 12.3. The molecule has 1 N–H and O–H groups in total. The molecule has 0 unspecified atom stereocenters. The molecule has 5 nitrogen and oxygen atoms in total. The number of nitrogens with one attached hydrogen (secondary N) is 1. The van der Waals surface area contributed by atoms with E-state index < -0.39 is 0 Å². The van der Waals surface area contributed by atoms with Crippen LogP contribution in [0.2, 0.25) is 0 Å². The number of hydrogen-bond acceptors (Lipinski definition) is 5. The summed E-state index contributed by atoms with van der Waals surface area (Å²) in [6.07, 6.45) is 3.75. The lowest BCUT2D eigenvalue weighted by Crippen LogP contribution is -2.22. The molecule has 3 rings (SSSR count). The molecule has 0 aliphatic heterocycles. The quantitative estimate of drug-likeness (QED) is 0.536. The van der Waals surface area contributed by atoms with Gasteiger partial charge in [-0.3, -0.25) is 4.79 Å². The van der Waals surface area contributed by atoms with Gasteiger partial charge >= 0.3 is 0 Å². The topological polar surface area (TPSA) is 60.5 Å². The molecule has 0 aliphatic carbocycles. The van der Waals surface area contributed by atoms with Crippen molar-refractivity contribution in [3.05, 3.63) is 83.6 Å². The molecule has 0 spiro atoms. The fourth-order valence-corrected chi connectivity index (χ4v) is 3.23. The molecule has 29 heavy (non-hydrogen) atoms. The van der Waals surface area contributed by atoms with E-state index in [4.69, 9.17) is 9.47 Å². The molecule has 6 heteroatoms. The molecule has 150 valence electrons. The number of para-hydroxylation sites is 2. The van der Waals surface area contributed by atoms with Crippen molar-refractivity contribution in [3.63, 3.8) is 0 Å². The van der Waals surface area contributed by atoms with Crippen LogP contribution in [0, 0.1) is 0 Å². The average Bonchev–Trinajstić information content (AvgIpc) is 2.75. The summed E-state index contributed by atoms with van der Waals surface area (Å²) >= 11 is 1.76. The predicted molar refractivity (Wildman–Crippen MR) is 117 cm³/mol. The van der Waals surface area contributed by atoms with Crippen LogP contribution in [0.4, 0.5) is 0 Å². The van der Waals surface area contributed by atoms with E-state index in [1.54, 1.807) is 24.0 Å². The van der Waals surface area contributed by atoms with Crippen LogP contribution in [0.5, 0.6) is 17.4 Å². The number of aromatic nitrogens is 1. The first-order valence-corrected chi connectivity index (χ1v) is 10.8. The SMILES string of the molecule is CCOc1ccccc1Oc1ccc(CNC(=O)c2ccc(CSC)cc2)cn1. The first-order chi connectivity index (χ1) is 14.2. The second-order valence-electron chi connectivity index (χ2n) is 6.30. The smallest absolute Gasteiger partial charge is 0.251 e. The highest BCUT2D eigenvalue weighted by molar-refractivity contribution is 7.97. The zero-order chi connectivity index (χ0) is 20.5. The lowest BCUT2D eigenvalue weighted by molar-refractivity contribution is 0.0951. The highest BCUT2D eigenvalue weighted by Crippen LogP contribution is 2.30. The number of ether oxygens (including phenoxy) is 2. The van der Waals surface area contributed by atoms with Gasteiger partial charge in [-0.05, 0) is 48.6 Å². The Morgan fingerprint density at radius 2 is 1.72 bits per heavy atom. The largest absolute Gasteiger partial charge is 0.490 e. The van der Waals surface area contributed by atoms with Gasteiger partial charge in [0.25, 0.3) is 5.91 Å². The fourth-order valence-electron chi connectivity index (χ4n) is 2.70. The summed E-state index contributed by atoms with van der Waals surface area (Å²) < 4.78 is 11.4. The number of carbonyl (C=O) groups excluding carboxylic acids is 1. The molecule has 0 radical (unpaired) electrons. The van der Waals surface area contributed by atoms with Crippen LogP contribution in [-0.4, -0.2) is 23.8 Å². The number of rotatable bonds is 9. The Kier molecular flexibility index (Phi) is 7.53. The van der Waals surface area contributed by atoms with E-state index in [0.29, 0.717) is 36.1 Å². The van der Waals surface area contributed by atoms with Crippen molar-refractivity contribution in [3.8, 4) is 17.4 Å². The molecule has 3 aromatic rings. The van der Waals surface area contributed by atoms with Gasteiger partial charge in [0.15, 0.2) is 11.5 Å². The summed E-state index contributed by atoms with van der Waals surface area (Å²) in [4.78, 5) is 16.6. The highest BCUT2D eigenvalue weighted by atomic mass is 32.2. The summed E-state index contributed by atoms with van der Waals surface area (Å²) in [6, 6.07) is 18.8. The van der Waals surface area contributed by atoms with Crippen molar-refractivity contribution < 1.29 is 14.3 Å². The molecule has 2 aromatic carbocycles. The lowest BCUT2D eigenvalue weighted by Gasteiger charge is -2.11. The minimum absolute atomic E-state index is 0.105. The molecule has 0 saturated carbocycles. The van der Waals surface area contributed by atoms with Crippen LogP contribution in [-0.2, 0) is 12.3 Å². The first-order valence-electron chi connectivity index (χ1n) is 9.40. The van der Waals surface area contributed by atoms with E-state index >= 15 is 0 Å². The van der Waals surface area contributed by atoms with Crippen molar-refractivity contribution >= 4 is 17.7 Å². The van der Waals surface area contributed by atoms with Crippen LogP contribution in [0.15, 0.2) is 66.9 Å². The number of carbonyl (C=O) groups is 1. The van der Waals surface area contributed by atoms with Gasteiger partial charge in [0.1, 0.15) is 0 Å². The molecule has 0 bridgehead atoms. The van der Waals surface area contributed by atoms with E-state index in [2.05, 4.69) is 16.6 Å². The van der Waals surface area contributed by atoms with Gasteiger partial charge in [-0.2, -0.15) is 11.8 Å². The first kappa shape index (κ1) is 20.7. The summed E-state index contributed by atoms with van der Waals surface area (Å²) in [7, 11) is 0. The predicted octanol–water partition coefficient (Wildman–Crippen LogP) is 5.07. The summed E-state index contributed by atoms with van der Waals surface area (Å²) in [6.45, 7) is 2.89. The molecule has 1 aromatic heterocycles. The zero-order valence-electron chi connectivity index (χ0n) is 16.6. The third kappa shape index (κ3) is 5.99. The normalized spacial score (nSPS) is 10.4. The summed E-state index contributed by atoms with van der Waals surface area (Å²) in [5.74, 6) is 2.60. The van der Waals surface area contributed by atoms with Crippen molar-refractivity contribution in [2.24, 2.45) is 0 Å². The van der Waals surface area contributed by atoms with Crippen LogP contribution in [0.3, 0.4) is 0 Å². The monoisotopic (exact) mass is 408 g/mol. The van der Waals surface area contributed by atoms with Gasteiger partial charge in [0.05, 0.1) is 6.61 Å². The number of nitrogens with zero attached hydrogens (tertiary/aromatic N) is 1. The third-order valence-electron chi connectivity index (χ3n) is 4.14. The van der Waals surface area contributed by atoms with Crippen LogP contribution in [0.1, 0.15) is 28.4 Å². The van der Waals surface area contributed by atoms with E-state index in [9.17, 15) is 4.79 Å². The van der Waals surface area contributed by atoms with Crippen LogP contribution >= 0.6 is 11.8 Å².